The Kier molecular flexibility index (Phi) is 5.63. The molecule has 0 spiro atoms. The third-order valence-corrected chi connectivity index (χ3v) is 7.67. The highest BCUT2D eigenvalue weighted by Gasteiger charge is 2.16. The molecule has 1 fully saturated rings. The van der Waals surface area contributed by atoms with E-state index in [4.69, 9.17) is 0 Å². The average Bonchev–Trinajstić information content (AvgIpc) is 3.74. The topological polar surface area (TPSA) is 95.2 Å². The summed E-state index contributed by atoms with van der Waals surface area (Å²) in [6, 6.07) is 6.54. The van der Waals surface area contributed by atoms with E-state index in [9.17, 15) is 0 Å². The van der Waals surface area contributed by atoms with Crippen LogP contribution in [-0.4, -0.2) is 36.7 Å². The van der Waals surface area contributed by atoms with Crippen molar-refractivity contribution in [3.8, 4) is 22.5 Å². The number of allylic oxidation sites excluding steroid dienone is 4. The molecule has 3 N–H and O–H groups in total. The monoisotopic (exact) mass is 487 g/mol. The molecule has 0 radical (unpaired) electrons. The standard InChI is InChI=1S/C30H29N7/c1-2-6-19(5-1)12-31-13-20-9-22(15-32-14-20)23-10-25-29(36-37-30(25)34-16-23)27-11-24-26(21-7-3-4-8-21)17-33-18-28(24)35-27/h3,7-11,14-19,31,35H,1-2,4-6,12-13H2,(H,34,36,37). The lowest BCUT2D eigenvalue weighted by Crippen LogP contribution is -2.20. The van der Waals surface area contributed by atoms with Gasteiger partial charge in [-0.05, 0) is 61.1 Å². The van der Waals surface area contributed by atoms with Crippen molar-refractivity contribution < 1.29 is 0 Å². The Labute approximate surface area is 215 Å². The Bertz CT molecular complexity index is 1650. The summed E-state index contributed by atoms with van der Waals surface area (Å²) >= 11 is 0. The fourth-order valence-corrected chi connectivity index (χ4v) is 5.71. The number of rotatable bonds is 7. The van der Waals surface area contributed by atoms with Crippen molar-refractivity contribution in [1.29, 1.82) is 0 Å². The molecule has 1 saturated carbocycles. The first-order valence-corrected chi connectivity index (χ1v) is 13.1. The predicted octanol–water partition coefficient (Wildman–Crippen LogP) is 6.19. The molecule has 184 valence electrons. The molecule has 37 heavy (non-hydrogen) atoms. The molecule has 2 aliphatic rings. The second-order valence-electron chi connectivity index (χ2n) is 10.2. The molecule has 7 heteroatoms. The fourth-order valence-electron chi connectivity index (χ4n) is 5.71. The van der Waals surface area contributed by atoms with Crippen molar-refractivity contribution in [2.24, 2.45) is 5.92 Å². The number of aromatic amines is 2. The molecule has 0 bridgehead atoms. The van der Waals surface area contributed by atoms with Gasteiger partial charge in [0, 0.05) is 58.8 Å². The molecule has 2 aliphatic carbocycles. The second kappa shape index (κ2) is 9.41. The van der Waals surface area contributed by atoms with Gasteiger partial charge in [0.15, 0.2) is 5.65 Å². The predicted molar refractivity (Wildman–Crippen MR) is 148 cm³/mol. The van der Waals surface area contributed by atoms with E-state index in [0.29, 0.717) is 5.65 Å². The minimum Gasteiger partial charge on any atom is -0.352 e. The van der Waals surface area contributed by atoms with Gasteiger partial charge in [-0.3, -0.25) is 15.1 Å². The van der Waals surface area contributed by atoms with Gasteiger partial charge >= 0.3 is 0 Å². The zero-order chi connectivity index (χ0) is 24.6. The van der Waals surface area contributed by atoms with Crippen LogP contribution in [0.15, 0.2) is 67.4 Å². The SMILES string of the molecule is C1=CC(c2cncc3[nH]c(-c4[nH]nc5ncc(-c6cncc(CNCC7CCCC7)c6)cc45)cc23)=CC1. The molecule has 0 aliphatic heterocycles. The molecule has 0 unspecified atom stereocenters. The van der Waals surface area contributed by atoms with Crippen LogP contribution in [0.25, 0.3) is 50.0 Å². The van der Waals surface area contributed by atoms with Crippen LogP contribution < -0.4 is 5.32 Å². The highest BCUT2D eigenvalue weighted by molar-refractivity contribution is 6.00. The van der Waals surface area contributed by atoms with Crippen LogP contribution in [0.2, 0.25) is 0 Å². The molecule has 0 aromatic carbocycles. The molecular weight excluding hydrogens is 458 g/mol. The Morgan fingerprint density at radius 1 is 0.919 bits per heavy atom. The third-order valence-electron chi connectivity index (χ3n) is 7.67. The quantitative estimate of drug-likeness (QED) is 0.255. The molecule has 0 atom stereocenters. The summed E-state index contributed by atoms with van der Waals surface area (Å²) < 4.78 is 0. The fraction of sp³-hybridized carbons (Fsp3) is 0.267. The maximum absolute atomic E-state index is 4.65. The maximum atomic E-state index is 4.65. The molecule has 5 heterocycles. The number of H-pyrrole nitrogens is 2. The Hall–Kier alpha value is -4.10. The summed E-state index contributed by atoms with van der Waals surface area (Å²) in [4.78, 5) is 17.2. The lowest BCUT2D eigenvalue weighted by molar-refractivity contribution is 0.489. The van der Waals surface area contributed by atoms with Gasteiger partial charge in [-0.2, -0.15) is 5.10 Å². The summed E-state index contributed by atoms with van der Waals surface area (Å²) in [6.07, 6.45) is 22.6. The Balaban J connectivity index is 1.19. The molecule has 5 aromatic heterocycles. The minimum atomic E-state index is 0.694. The zero-order valence-electron chi connectivity index (χ0n) is 20.7. The van der Waals surface area contributed by atoms with Crippen molar-refractivity contribution in [3.05, 3.63) is 78.5 Å². The van der Waals surface area contributed by atoms with Crippen LogP contribution in [0.5, 0.6) is 0 Å². The molecule has 0 amide bonds. The van der Waals surface area contributed by atoms with Crippen molar-refractivity contribution in [1.82, 2.24) is 35.5 Å². The van der Waals surface area contributed by atoms with Crippen LogP contribution in [0.1, 0.15) is 43.2 Å². The lowest BCUT2D eigenvalue weighted by atomic mass is 10.0. The lowest BCUT2D eigenvalue weighted by Gasteiger charge is -2.11. The number of nitrogens with zero attached hydrogens (tertiary/aromatic N) is 4. The maximum Gasteiger partial charge on any atom is 0.181 e. The minimum absolute atomic E-state index is 0.694. The van der Waals surface area contributed by atoms with Crippen LogP contribution in [0, 0.1) is 5.92 Å². The summed E-state index contributed by atoms with van der Waals surface area (Å²) in [7, 11) is 0. The smallest absolute Gasteiger partial charge is 0.181 e. The van der Waals surface area contributed by atoms with E-state index in [2.05, 4.69) is 71.9 Å². The number of fused-ring (bicyclic) bond motifs is 2. The van der Waals surface area contributed by atoms with Gasteiger partial charge in [-0.1, -0.05) is 31.1 Å². The van der Waals surface area contributed by atoms with Gasteiger partial charge in [0.1, 0.15) is 0 Å². The van der Waals surface area contributed by atoms with Crippen LogP contribution >= 0.6 is 0 Å². The van der Waals surface area contributed by atoms with Crippen molar-refractivity contribution in [2.75, 3.05) is 6.54 Å². The molecular formula is C30H29N7. The summed E-state index contributed by atoms with van der Waals surface area (Å²) in [6.45, 7) is 1.92. The van der Waals surface area contributed by atoms with Crippen molar-refractivity contribution >= 4 is 27.5 Å². The van der Waals surface area contributed by atoms with E-state index in [1.165, 1.54) is 36.8 Å². The molecule has 0 saturated heterocycles. The van der Waals surface area contributed by atoms with E-state index in [1.54, 1.807) is 0 Å². The van der Waals surface area contributed by atoms with Crippen molar-refractivity contribution in [3.63, 3.8) is 0 Å². The van der Waals surface area contributed by atoms with Gasteiger partial charge in [0.2, 0.25) is 0 Å². The first-order chi connectivity index (χ1) is 18.3. The largest absolute Gasteiger partial charge is 0.352 e. The van der Waals surface area contributed by atoms with Gasteiger partial charge in [-0.15, -0.1) is 0 Å². The van der Waals surface area contributed by atoms with Gasteiger partial charge in [0.25, 0.3) is 0 Å². The second-order valence-corrected chi connectivity index (χ2v) is 10.2. The Morgan fingerprint density at radius 2 is 1.81 bits per heavy atom. The molecule has 7 nitrogen and oxygen atoms in total. The first kappa shape index (κ1) is 22.1. The number of nitrogens with one attached hydrogen (secondary N) is 3. The number of aromatic nitrogens is 6. The zero-order valence-corrected chi connectivity index (χ0v) is 20.7. The van der Waals surface area contributed by atoms with Gasteiger partial charge in [0.05, 0.1) is 23.1 Å². The van der Waals surface area contributed by atoms with Gasteiger partial charge < -0.3 is 10.3 Å². The molecule has 5 aromatic rings. The van der Waals surface area contributed by atoms with E-state index in [1.807, 2.05) is 31.0 Å². The van der Waals surface area contributed by atoms with Crippen LogP contribution in [0.3, 0.4) is 0 Å². The van der Waals surface area contributed by atoms with E-state index < -0.39 is 0 Å². The van der Waals surface area contributed by atoms with E-state index >= 15 is 0 Å². The summed E-state index contributed by atoms with van der Waals surface area (Å²) in [5.41, 5.74) is 9.22. The van der Waals surface area contributed by atoms with E-state index in [0.717, 1.165) is 69.8 Å². The van der Waals surface area contributed by atoms with Gasteiger partial charge in [-0.25, -0.2) is 4.98 Å². The highest BCUT2D eigenvalue weighted by Crippen LogP contribution is 2.34. The number of hydrogen-bond donors (Lipinski definition) is 3. The first-order valence-electron chi connectivity index (χ1n) is 13.1. The van der Waals surface area contributed by atoms with Crippen molar-refractivity contribution in [2.45, 2.75) is 38.6 Å². The summed E-state index contributed by atoms with van der Waals surface area (Å²) in [5.74, 6) is 0.824. The normalized spacial score (nSPS) is 15.8. The average molecular weight is 488 g/mol. The third kappa shape index (κ3) is 4.25. The van der Waals surface area contributed by atoms with Crippen LogP contribution in [-0.2, 0) is 6.54 Å². The summed E-state index contributed by atoms with van der Waals surface area (Å²) in [5, 5.41) is 13.4. The molecule has 7 rings (SSSR count). The Morgan fingerprint density at radius 3 is 2.70 bits per heavy atom. The van der Waals surface area contributed by atoms with E-state index in [-0.39, 0.29) is 0 Å². The number of hydrogen-bond acceptors (Lipinski definition) is 5. The number of pyridine rings is 3. The van der Waals surface area contributed by atoms with Crippen LogP contribution in [0.4, 0.5) is 0 Å². The highest BCUT2D eigenvalue weighted by atomic mass is 15.2.